The predicted octanol–water partition coefficient (Wildman–Crippen LogP) is 1.48. The van der Waals surface area contributed by atoms with Gasteiger partial charge >= 0.3 is 0 Å². The largest absolute Gasteiger partial charge is 0.348 e. The second-order valence-corrected chi connectivity index (χ2v) is 7.57. The molecule has 2 rings (SSSR count). The van der Waals surface area contributed by atoms with Gasteiger partial charge in [-0.25, -0.2) is 13.6 Å². The van der Waals surface area contributed by atoms with Gasteiger partial charge in [0.15, 0.2) is 0 Å². The van der Waals surface area contributed by atoms with E-state index in [9.17, 15) is 13.2 Å². The smallest absolute Gasteiger partial charge is 0.251 e. The number of hydrogen-bond donors (Lipinski definition) is 3. The van der Waals surface area contributed by atoms with Crippen LogP contribution >= 0.6 is 28.3 Å². The fourth-order valence-corrected chi connectivity index (χ4v) is 3.74. The fraction of sp³-hybridized carbons (Fsp3) is 0.357. The maximum absolute atomic E-state index is 12.3. The minimum Gasteiger partial charge on any atom is -0.348 e. The normalized spacial score (nSPS) is 14.7. The van der Waals surface area contributed by atoms with Crippen molar-refractivity contribution in [1.82, 2.24) is 10.6 Å². The van der Waals surface area contributed by atoms with Crippen LogP contribution in [0.25, 0.3) is 0 Å². The first kappa shape index (κ1) is 20.1. The van der Waals surface area contributed by atoms with Gasteiger partial charge in [-0.15, -0.1) is 12.4 Å². The molecule has 0 saturated carbocycles. The Morgan fingerprint density at radius 2 is 2.13 bits per heavy atom. The zero-order chi connectivity index (χ0) is 16.3. The number of carbonyl (C=O) groups is 1. The van der Waals surface area contributed by atoms with Crippen LogP contribution in [-0.4, -0.2) is 34.0 Å². The van der Waals surface area contributed by atoms with Crippen LogP contribution in [0.4, 0.5) is 0 Å². The van der Waals surface area contributed by atoms with E-state index in [1.54, 1.807) is 13.0 Å². The van der Waals surface area contributed by atoms with Crippen molar-refractivity contribution in [3.8, 4) is 0 Å². The SMILES string of the molecule is Cc1c(C(=O)NCC2=CCNCC2)cc(Br)cc1S(N)(=O)=O.Cl. The molecular weight excluding hydrogens is 406 g/mol. The molecule has 23 heavy (non-hydrogen) atoms. The summed E-state index contributed by atoms with van der Waals surface area (Å²) >= 11 is 3.22. The summed E-state index contributed by atoms with van der Waals surface area (Å²) in [5.41, 5.74) is 1.81. The van der Waals surface area contributed by atoms with Gasteiger partial charge in [0.2, 0.25) is 10.0 Å². The standard InChI is InChI=1S/C14H18BrN3O3S.ClH/c1-9-12(6-11(15)7-13(9)22(16,20)21)14(19)18-8-10-2-4-17-5-3-10;/h2,6-7,17H,3-5,8H2,1H3,(H,18,19)(H2,16,20,21);1H. The molecule has 0 saturated heterocycles. The number of hydrogen-bond acceptors (Lipinski definition) is 4. The van der Waals surface area contributed by atoms with E-state index >= 15 is 0 Å². The molecular formula is C14H19BrClN3O3S. The van der Waals surface area contributed by atoms with Crippen molar-refractivity contribution < 1.29 is 13.2 Å². The summed E-state index contributed by atoms with van der Waals surface area (Å²) in [7, 11) is -3.88. The number of rotatable bonds is 4. The van der Waals surface area contributed by atoms with E-state index in [0.29, 0.717) is 22.1 Å². The molecule has 1 aliphatic heterocycles. The van der Waals surface area contributed by atoms with Crippen molar-refractivity contribution >= 4 is 44.3 Å². The lowest BCUT2D eigenvalue weighted by Gasteiger charge is -2.16. The van der Waals surface area contributed by atoms with Gasteiger partial charge in [-0.3, -0.25) is 4.79 Å². The third-order valence-corrected chi connectivity index (χ3v) is 5.00. The lowest BCUT2D eigenvalue weighted by Crippen LogP contribution is -2.30. The fourth-order valence-electron chi connectivity index (χ4n) is 2.30. The Kier molecular flexibility index (Phi) is 7.22. The predicted molar refractivity (Wildman–Crippen MR) is 95.4 cm³/mol. The Balaban J connectivity index is 0.00000264. The number of nitrogens with one attached hydrogen (secondary N) is 2. The van der Waals surface area contributed by atoms with Crippen LogP contribution in [0.15, 0.2) is 33.2 Å². The van der Waals surface area contributed by atoms with Gasteiger partial charge in [-0.2, -0.15) is 0 Å². The van der Waals surface area contributed by atoms with Crippen molar-refractivity contribution in [3.63, 3.8) is 0 Å². The first-order valence-corrected chi connectivity index (χ1v) is 9.12. The molecule has 0 fully saturated rings. The maximum Gasteiger partial charge on any atom is 0.251 e. The van der Waals surface area contributed by atoms with Crippen LogP contribution in [0.3, 0.4) is 0 Å². The molecule has 0 aromatic heterocycles. The van der Waals surface area contributed by atoms with E-state index in [2.05, 4.69) is 26.6 Å². The average Bonchev–Trinajstić information content (AvgIpc) is 2.46. The highest BCUT2D eigenvalue weighted by molar-refractivity contribution is 9.10. The number of halogens is 2. The lowest BCUT2D eigenvalue weighted by molar-refractivity contribution is 0.0955. The second-order valence-electron chi connectivity index (χ2n) is 5.12. The van der Waals surface area contributed by atoms with Crippen LogP contribution in [0, 0.1) is 6.92 Å². The number of benzene rings is 1. The second kappa shape index (κ2) is 8.25. The molecule has 0 aliphatic carbocycles. The third kappa shape index (κ3) is 5.29. The van der Waals surface area contributed by atoms with E-state index < -0.39 is 10.0 Å². The van der Waals surface area contributed by atoms with E-state index in [0.717, 1.165) is 25.1 Å². The summed E-state index contributed by atoms with van der Waals surface area (Å²) in [5, 5.41) is 11.2. The van der Waals surface area contributed by atoms with Crippen molar-refractivity contribution in [1.29, 1.82) is 0 Å². The first-order chi connectivity index (χ1) is 10.3. The van der Waals surface area contributed by atoms with Gasteiger partial charge in [0, 0.05) is 23.1 Å². The first-order valence-electron chi connectivity index (χ1n) is 6.79. The van der Waals surface area contributed by atoms with Gasteiger partial charge in [0.25, 0.3) is 5.91 Å². The molecule has 0 unspecified atom stereocenters. The number of sulfonamides is 1. The zero-order valence-electron chi connectivity index (χ0n) is 12.6. The summed E-state index contributed by atoms with van der Waals surface area (Å²) in [5.74, 6) is -0.317. The van der Waals surface area contributed by atoms with E-state index in [4.69, 9.17) is 5.14 Å². The summed E-state index contributed by atoms with van der Waals surface area (Å²) in [6.45, 7) is 3.73. The van der Waals surface area contributed by atoms with E-state index in [1.165, 1.54) is 6.07 Å². The molecule has 0 atom stereocenters. The van der Waals surface area contributed by atoms with Crippen molar-refractivity contribution in [3.05, 3.63) is 39.4 Å². The molecule has 128 valence electrons. The Labute approximate surface area is 150 Å². The van der Waals surface area contributed by atoms with Gasteiger partial charge in [-0.1, -0.05) is 27.6 Å². The summed E-state index contributed by atoms with van der Waals surface area (Å²) in [6.07, 6.45) is 2.94. The molecule has 6 nitrogen and oxygen atoms in total. The molecule has 1 aromatic carbocycles. The Hall–Kier alpha value is -0.930. The van der Waals surface area contributed by atoms with Crippen molar-refractivity contribution in [2.75, 3.05) is 19.6 Å². The van der Waals surface area contributed by atoms with Crippen LogP contribution in [-0.2, 0) is 10.0 Å². The van der Waals surface area contributed by atoms with Crippen molar-refractivity contribution in [2.45, 2.75) is 18.2 Å². The third-order valence-electron chi connectivity index (χ3n) is 3.51. The summed E-state index contributed by atoms with van der Waals surface area (Å²) in [6, 6.07) is 2.99. The van der Waals surface area contributed by atoms with E-state index in [-0.39, 0.29) is 23.2 Å². The van der Waals surface area contributed by atoms with Crippen LogP contribution in [0.5, 0.6) is 0 Å². The number of amides is 1. The minimum atomic E-state index is -3.88. The highest BCUT2D eigenvalue weighted by Crippen LogP contribution is 2.24. The number of carbonyl (C=O) groups excluding carboxylic acids is 1. The molecule has 0 radical (unpaired) electrons. The van der Waals surface area contributed by atoms with E-state index in [1.807, 2.05) is 6.08 Å². The minimum absolute atomic E-state index is 0. The molecule has 4 N–H and O–H groups in total. The summed E-state index contributed by atoms with van der Waals surface area (Å²) < 4.78 is 23.7. The molecule has 9 heteroatoms. The van der Waals surface area contributed by atoms with Crippen LogP contribution < -0.4 is 15.8 Å². The molecule has 1 heterocycles. The number of nitrogens with two attached hydrogens (primary N) is 1. The highest BCUT2D eigenvalue weighted by atomic mass is 79.9. The average molecular weight is 425 g/mol. The number of primary sulfonamides is 1. The maximum atomic E-state index is 12.3. The zero-order valence-corrected chi connectivity index (χ0v) is 15.8. The quantitative estimate of drug-likeness (QED) is 0.637. The van der Waals surface area contributed by atoms with Crippen molar-refractivity contribution in [2.24, 2.45) is 5.14 Å². The molecule has 1 aromatic rings. The summed E-state index contributed by atoms with van der Waals surface area (Å²) in [4.78, 5) is 12.3. The Morgan fingerprint density at radius 3 is 2.70 bits per heavy atom. The van der Waals surface area contributed by atoms with Crippen LogP contribution in [0.2, 0.25) is 0 Å². The van der Waals surface area contributed by atoms with Gasteiger partial charge in [0.1, 0.15) is 0 Å². The lowest BCUT2D eigenvalue weighted by atomic mass is 10.1. The monoisotopic (exact) mass is 423 g/mol. The Morgan fingerprint density at radius 1 is 1.43 bits per heavy atom. The van der Waals surface area contributed by atoms with Crippen LogP contribution in [0.1, 0.15) is 22.3 Å². The molecule has 1 aliphatic rings. The highest BCUT2D eigenvalue weighted by Gasteiger charge is 2.19. The molecule has 0 spiro atoms. The van der Waals surface area contributed by atoms with Gasteiger partial charge < -0.3 is 10.6 Å². The molecule has 1 amide bonds. The Bertz CT molecular complexity index is 735. The molecule has 0 bridgehead atoms. The topological polar surface area (TPSA) is 101 Å². The van der Waals surface area contributed by atoms with Gasteiger partial charge in [-0.05, 0) is 37.6 Å². The van der Waals surface area contributed by atoms with Gasteiger partial charge in [0.05, 0.1) is 4.90 Å².